The number of carboxylic acid groups (broad SMARTS) is 1. The van der Waals surface area contributed by atoms with Gasteiger partial charge >= 0.3 is 5.97 Å². The molecular weight excluding hydrogens is 595 g/mol. The lowest BCUT2D eigenvalue weighted by molar-refractivity contribution is -0.136. The molecule has 46 heavy (non-hydrogen) atoms. The van der Waals surface area contributed by atoms with Gasteiger partial charge in [0.25, 0.3) is 0 Å². The summed E-state index contributed by atoms with van der Waals surface area (Å²) in [5, 5.41) is 11.1. The zero-order valence-electron chi connectivity index (χ0n) is 27.7. The molecule has 2 aromatic heterocycles. The van der Waals surface area contributed by atoms with Gasteiger partial charge in [0, 0.05) is 46.0 Å². The predicted octanol–water partition coefficient (Wildman–Crippen LogP) is 8.07. The summed E-state index contributed by atoms with van der Waals surface area (Å²) < 4.78 is 5.51. The van der Waals surface area contributed by atoms with Crippen molar-refractivity contribution in [1.82, 2.24) is 14.8 Å². The van der Waals surface area contributed by atoms with E-state index in [2.05, 4.69) is 75.1 Å². The Hall–Kier alpha value is -3.75. The van der Waals surface area contributed by atoms with Crippen LogP contribution in [0.4, 0.5) is 0 Å². The van der Waals surface area contributed by atoms with Crippen molar-refractivity contribution in [1.29, 1.82) is 0 Å². The molecule has 1 fully saturated rings. The van der Waals surface area contributed by atoms with Gasteiger partial charge in [-0.05, 0) is 74.1 Å². The quantitative estimate of drug-likeness (QED) is 0.203. The molecule has 0 atom stereocenters. The highest BCUT2D eigenvalue weighted by Crippen LogP contribution is 2.33. The van der Waals surface area contributed by atoms with E-state index in [1.54, 1.807) is 23.5 Å². The van der Waals surface area contributed by atoms with Crippen molar-refractivity contribution >= 4 is 34.1 Å². The minimum Gasteiger partial charge on any atom is -0.478 e. The highest BCUT2D eigenvalue weighted by atomic mass is 32.1. The molecule has 0 saturated carbocycles. The van der Waals surface area contributed by atoms with E-state index < -0.39 is 5.97 Å². The molecule has 1 N–H and O–H groups in total. The first kappa shape index (κ1) is 33.6. The molecule has 0 bridgehead atoms. The molecule has 0 unspecified atom stereocenters. The number of amides is 1. The average Bonchev–Trinajstić information content (AvgIpc) is 3.24. The van der Waals surface area contributed by atoms with E-state index in [1.807, 2.05) is 4.90 Å². The number of aromatic nitrogens is 1. The number of aryl methyl sites for hydroxylation is 2. The van der Waals surface area contributed by atoms with Crippen LogP contribution in [0.15, 0.2) is 71.5 Å². The van der Waals surface area contributed by atoms with Crippen molar-refractivity contribution in [2.75, 3.05) is 32.8 Å². The average molecular weight is 642 g/mol. The minimum atomic E-state index is -0.950. The third-order valence-corrected chi connectivity index (χ3v) is 9.91. The number of hydrogen-bond acceptors (Lipinski definition) is 6. The number of rotatable bonds is 13. The third-order valence-electron chi connectivity index (χ3n) is 8.95. The summed E-state index contributed by atoms with van der Waals surface area (Å²) in [4.78, 5) is 37.5. The largest absolute Gasteiger partial charge is 0.478 e. The number of carbonyl (C=O) groups is 2. The second-order valence-electron chi connectivity index (χ2n) is 12.5. The van der Waals surface area contributed by atoms with Crippen molar-refractivity contribution in [2.45, 2.75) is 72.8 Å². The molecule has 7 nitrogen and oxygen atoms in total. The highest BCUT2D eigenvalue weighted by Gasteiger charge is 2.26. The number of allylic oxidation sites excluding steroid dienone is 3. The van der Waals surface area contributed by atoms with Gasteiger partial charge in [0.1, 0.15) is 0 Å². The molecule has 5 rings (SSSR count). The van der Waals surface area contributed by atoms with Gasteiger partial charge in [0.2, 0.25) is 5.91 Å². The van der Waals surface area contributed by atoms with Crippen LogP contribution in [-0.2, 0) is 20.9 Å². The lowest BCUT2D eigenvalue weighted by atomic mass is 9.89. The molecule has 244 valence electrons. The Kier molecular flexibility index (Phi) is 11.5. The number of fused-ring (bicyclic) bond motifs is 1. The Labute approximate surface area is 277 Å². The van der Waals surface area contributed by atoms with E-state index in [4.69, 9.17) is 9.72 Å². The Balaban J connectivity index is 1.50. The molecule has 0 spiro atoms. The summed E-state index contributed by atoms with van der Waals surface area (Å²) in [5.74, 6) is -0.417. The molecule has 1 aromatic carbocycles. The summed E-state index contributed by atoms with van der Waals surface area (Å²) in [5.41, 5.74) is 6.34. The lowest BCUT2D eigenvalue weighted by Gasteiger charge is -2.34. The molecule has 0 radical (unpaired) electrons. The normalized spacial score (nSPS) is 15.4. The topological polar surface area (TPSA) is 83.0 Å². The molecular formula is C38H47N3O4S. The molecule has 2 aliphatic rings. The summed E-state index contributed by atoms with van der Waals surface area (Å²) in [6.45, 7) is 11.5. The Bertz CT molecular complexity index is 1640. The fraction of sp³-hybridized carbons (Fsp3) is 0.447. The maximum Gasteiger partial charge on any atom is 0.335 e. The summed E-state index contributed by atoms with van der Waals surface area (Å²) in [6.07, 6.45) is 11.6. The van der Waals surface area contributed by atoms with Crippen LogP contribution in [0, 0.1) is 19.8 Å². The van der Waals surface area contributed by atoms with Crippen molar-refractivity contribution in [2.24, 2.45) is 5.92 Å². The fourth-order valence-corrected chi connectivity index (χ4v) is 7.60. The summed E-state index contributed by atoms with van der Waals surface area (Å²) in [7, 11) is 0. The van der Waals surface area contributed by atoms with E-state index in [1.165, 1.54) is 15.3 Å². The molecule has 8 heteroatoms. The van der Waals surface area contributed by atoms with E-state index in [9.17, 15) is 14.7 Å². The SMILES string of the molecule is CCCC(CCC)CC1=CCC=C(C(=O)O)C=C1N(CC(=O)N1CCOCC1)Cc1ccc2nc(-c3cc(C)sc3C)ccc2c1. The second-order valence-corrected chi connectivity index (χ2v) is 14.0. The van der Waals surface area contributed by atoms with E-state index >= 15 is 0 Å². The van der Waals surface area contributed by atoms with Crippen LogP contribution < -0.4 is 0 Å². The van der Waals surface area contributed by atoms with Crippen LogP contribution in [0.3, 0.4) is 0 Å². The van der Waals surface area contributed by atoms with Gasteiger partial charge in [-0.2, -0.15) is 0 Å². The number of benzene rings is 1. The van der Waals surface area contributed by atoms with Crippen LogP contribution in [0.1, 0.15) is 67.7 Å². The van der Waals surface area contributed by atoms with E-state index in [0.29, 0.717) is 45.2 Å². The van der Waals surface area contributed by atoms with Gasteiger partial charge in [-0.1, -0.05) is 63.8 Å². The van der Waals surface area contributed by atoms with Gasteiger partial charge < -0.3 is 19.6 Å². The van der Waals surface area contributed by atoms with Crippen molar-refractivity contribution in [3.63, 3.8) is 0 Å². The van der Waals surface area contributed by atoms with Gasteiger partial charge in [0.05, 0.1) is 36.5 Å². The molecule has 3 aromatic rings. The fourth-order valence-electron chi connectivity index (χ4n) is 6.67. The number of pyridine rings is 1. The summed E-state index contributed by atoms with van der Waals surface area (Å²) >= 11 is 1.79. The maximum atomic E-state index is 13.7. The molecule has 1 aliphatic carbocycles. The maximum absolute atomic E-state index is 13.7. The zero-order chi connectivity index (χ0) is 32.6. The van der Waals surface area contributed by atoms with E-state index in [-0.39, 0.29) is 18.0 Å². The first-order chi connectivity index (χ1) is 22.2. The first-order valence-electron chi connectivity index (χ1n) is 16.7. The molecule has 1 saturated heterocycles. The minimum absolute atomic E-state index is 0.0286. The molecule has 1 amide bonds. The number of nitrogens with zero attached hydrogens (tertiary/aromatic N) is 3. The predicted molar refractivity (Wildman–Crippen MR) is 187 cm³/mol. The van der Waals surface area contributed by atoms with Crippen LogP contribution in [0.25, 0.3) is 22.2 Å². The smallest absolute Gasteiger partial charge is 0.335 e. The Morgan fingerprint density at radius 2 is 1.80 bits per heavy atom. The molecule has 1 aliphatic heterocycles. The standard InChI is InChI=1S/C38H47N3O4S/c1-5-8-28(9-6-2)21-31-10-7-11-32(38(43)44)23-36(31)41(25-37(42)40-16-18-45-19-17-40)24-29-12-14-34-30(22-29)13-15-35(39-34)33-20-26(3)46-27(33)4/h10-15,20,22-23,28H,5-9,16-19,21,24-25H2,1-4H3,(H,43,44). The van der Waals surface area contributed by atoms with Crippen LogP contribution in [-0.4, -0.2) is 64.6 Å². The lowest BCUT2D eigenvalue weighted by Crippen LogP contribution is -2.45. The first-order valence-corrected chi connectivity index (χ1v) is 17.5. The van der Waals surface area contributed by atoms with Gasteiger partial charge in [-0.15, -0.1) is 11.3 Å². The van der Waals surface area contributed by atoms with Gasteiger partial charge in [-0.3, -0.25) is 4.79 Å². The summed E-state index contributed by atoms with van der Waals surface area (Å²) in [6, 6.07) is 12.7. The van der Waals surface area contributed by atoms with Crippen molar-refractivity contribution < 1.29 is 19.4 Å². The van der Waals surface area contributed by atoms with Crippen LogP contribution in [0.2, 0.25) is 0 Å². The van der Waals surface area contributed by atoms with E-state index in [0.717, 1.165) is 65.5 Å². The molecule has 3 heterocycles. The van der Waals surface area contributed by atoms with Gasteiger partial charge in [0.15, 0.2) is 0 Å². The zero-order valence-corrected chi connectivity index (χ0v) is 28.5. The number of ether oxygens (including phenoxy) is 1. The Morgan fingerprint density at radius 1 is 1.04 bits per heavy atom. The number of carbonyl (C=O) groups excluding carboxylic acids is 1. The van der Waals surface area contributed by atoms with Crippen molar-refractivity contribution in [3.8, 4) is 11.3 Å². The Morgan fingerprint density at radius 3 is 2.48 bits per heavy atom. The monoisotopic (exact) mass is 641 g/mol. The second kappa shape index (κ2) is 15.7. The number of morpholine rings is 1. The number of thiophene rings is 1. The van der Waals surface area contributed by atoms with Crippen molar-refractivity contribution in [3.05, 3.63) is 86.8 Å². The number of aliphatic carboxylic acids is 1. The van der Waals surface area contributed by atoms with Crippen LogP contribution >= 0.6 is 11.3 Å². The van der Waals surface area contributed by atoms with Crippen LogP contribution in [0.5, 0.6) is 0 Å². The van der Waals surface area contributed by atoms with Gasteiger partial charge in [-0.25, -0.2) is 9.78 Å². The number of hydrogen-bond donors (Lipinski definition) is 1. The highest BCUT2D eigenvalue weighted by molar-refractivity contribution is 7.12. The third kappa shape index (κ3) is 8.34. The number of carboxylic acids is 1.